The average Bonchev–Trinajstić information content (AvgIpc) is 3.17. The highest BCUT2D eigenvalue weighted by Gasteiger charge is 2.38. The topological polar surface area (TPSA) is 131 Å². The number of nitrogens with two attached hydrogens (primary N) is 1. The van der Waals surface area contributed by atoms with Crippen molar-refractivity contribution in [1.82, 2.24) is 19.4 Å². The molecule has 3 amide bonds. The number of imidazole rings is 1. The van der Waals surface area contributed by atoms with Gasteiger partial charge in [-0.05, 0) is 43.4 Å². The summed E-state index contributed by atoms with van der Waals surface area (Å²) in [5, 5.41) is 9.59. The molecule has 1 aliphatic heterocycles. The summed E-state index contributed by atoms with van der Waals surface area (Å²) < 4.78 is 20.9. The molecule has 35 heavy (non-hydrogen) atoms. The van der Waals surface area contributed by atoms with Gasteiger partial charge in [-0.2, -0.15) is 0 Å². The van der Waals surface area contributed by atoms with Gasteiger partial charge in [0.2, 0.25) is 5.91 Å². The molecule has 0 unspecified atom stereocenters. The molecule has 0 saturated carbocycles. The number of rotatable bonds is 10. The first-order chi connectivity index (χ1) is 16.6. The summed E-state index contributed by atoms with van der Waals surface area (Å²) in [6, 6.07) is 3.65. The number of nitrogens with zero attached hydrogens (tertiary/aromatic N) is 4. The van der Waals surface area contributed by atoms with Crippen LogP contribution in [0.25, 0.3) is 11.0 Å². The summed E-state index contributed by atoms with van der Waals surface area (Å²) in [4.78, 5) is 44.9. The molecular formula is C24H34FN5O5. The minimum absolute atomic E-state index is 0.00215. The Balaban J connectivity index is 2.00. The molecular weight excluding hydrogens is 457 g/mol. The van der Waals surface area contributed by atoms with E-state index in [-0.39, 0.29) is 37.2 Å². The molecule has 0 spiro atoms. The predicted molar refractivity (Wildman–Crippen MR) is 127 cm³/mol. The molecule has 192 valence electrons. The number of halogens is 1. The third-order valence-electron chi connectivity index (χ3n) is 6.25. The van der Waals surface area contributed by atoms with Crippen molar-refractivity contribution >= 4 is 28.9 Å². The lowest BCUT2D eigenvalue weighted by Crippen LogP contribution is -2.56. The zero-order valence-corrected chi connectivity index (χ0v) is 20.4. The zero-order chi connectivity index (χ0) is 25.7. The van der Waals surface area contributed by atoms with Crippen LogP contribution in [0.15, 0.2) is 18.2 Å². The number of fused-ring (bicyclic) bond motifs is 1. The van der Waals surface area contributed by atoms with Gasteiger partial charge >= 0.3 is 6.09 Å². The lowest BCUT2D eigenvalue weighted by atomic mass is 9.92. The number of aryl methyl sites for hydroxylation is 1. The van der Waals surface area contributed by atoms with E-state index in [4.69, 9.17) is 10.5 Å². The van der Waals surface area contributed by atoms with Gasteiger partial charge in [0.25, 0.3) is 5.91 Å². The fourth-order valence-electron chi connectivity index (χ4n) is 4.58. The van der Waals surface area contributed by atoms with Crippen molar-refractivity contribution < 1.29 is 28.6 Å². The summed E-state index contributed by atoms with van der Waals surface area (Å²) in [7, 11) is 1.62. The van der Waals surface area contributed by atoms with Crippen LogP contribution in [0.4, 0.5) is 9.18 Å². The van der Waals surface area contributed by atoms with Crippen LogP contribution in [0.2, 0.25) is 0 Å². The van der Waals surface area contributed by atoms with E-state index in [0.717, 1.165) is 11.3 Å². The van der Waals surface area contributed by atoms with Gasteiger partial charge in [-0.3, -0.25) is 9.59 Å². The monoisotopic (exact) mass is 491 g/mol. The van der Waals surface area contributed by atoms with E-state index in [1.54, 1.807) is 16.6 Å². The van der Waals surface area contributed by atoms with Crippen molar-refractivity contribution in [1.29, 1.82) is 0 Å². The van der Waals surface area contributed by atoms with Crippen molar-refractivity contribution in [2.75, 3.05) is 33.4 Å². The number of likely N-dealkylation sites (tertiary alicyclic amines) is 1. The Bertz CT molecular complexity index is 1050. The van der Waals surface area contributed by atoms with Gasteiger partial charge in [-0.1, -0.05) is 13.8 Å². The first-order valence-electron chi connectivity index (χ1n) is 11.8. The Hall–Kier alpha value is -3.21. The van der Waals surface area contributed by atoms with Crippen molar-refractivity contribution in [3.05, 3.63) is 29.8 Å². The number of hydrogen-bond acceptors (Lipinski definition) is 5. The molecule has 3 rings (SSSR count). The third kappa shape index (κ3) is 6.27. The van der Waals surface area contributed by atoms with Crippen LogP contribution >= 0.6 is 0 Å². The first-order valence-corrected chi connectivity index (χ1v) is 11.8. The fourth-order valence-corrected chi connectivity index (χ4v) is 4.58. The van der Waals surface area contributed by atoms with Crippen molar-refractivity contribution in [3.8, 4) is 0 Å². The van der Waals surface area contributed by atoms with Gasteiger partial charge in [0.15, 0.2) is 5.82 Å². The summed E-state index contributed by atoms with van der Waals surface area (Å²) in [5.74, 6) is -1.88. The molecule has 1 fully saturated rings. The number of aromatic nitrogens is 2. The van der Waals surface area contributed by atoms with Crippen LogP contribution in [0.1, 0.15) is 43.7 Å². The van der Waals surface area contributed by atoms with Crippen LogP contribution in [-0.2, 0) is 16.1 Å². The van der Waals surface area contributed by atoms with Crippen LogP contribution in [-0.4, -0.2) is 81.8 Å². The number of ether oxygens (including phenoxy) is 1. The maximum Gasteiger partial charge on any atom is 0.407 e. The Morgan fingerprint density at radius 2 is 2.03 bits per heavy atom. The normalized spacial score (nSPS) is 18.3. The number of hydrogen-bond donors (Lipinski definition) is 2. The van der Waals surface area contributed by atoms with Crippen molar-refractivity contribution in [2.45, 2.75) is 45.7 Å². The molecule has 1 saturated heterocycles. The zero-order valence-electron chi connectivity index (χ0n) is 20.4. The SMILES string of the molecule is COCCCCn1c(C(=O)N(CC(C)C)[C@H]2C[C@@H](C(N)=O)CN(C(=O)O)C2)nc2ccc(F)cc21. The van der Waals surface area contributed by atoms with E-state index in [0.29, 0.717) is 37.2 Å². The van der Waals surface area contributed by atoms with Gasteiger partial charge in [0, 0.05) is 39.9 Å². The number of carboxylic acid groups (broad SMARTS) is 1. The summed E-state index contributed by atoms with van der Waals surface area (Å²) in [6.45, 7) is 5.31. The van der Waals surface area contributed by atoms with Crippen LogP contribution in [0, 0.1) is 17.7 Å². The third-order valence-corrected chi connectivity index (χ3v) is 6.25. The van der Waals surface area contributed by atoms with E-state index >= 15 is 0 Å². The Labute approximate surface area is 203 Å². The smallest absolute Gasteiger partial charge is 0.407 e. The second-order valence-electron chi connectivity index (χ2n) is 9.45. The Morgan fingerprint density at radius 3 is 2.66 bits per heavy atom. The number of piperidine rings is 1. The van der Waals surface area contributed by atoms with Crippen molar-refractivity contribution in [3.63, 3.8) is 0 Å². The maximum absolute atomic E-state index is 14.1. The van der Waals surface area contributed by atoms with Gasteiger partial charge < -0.3 is 29.9 Å². The summed E-state index contributed by atoms with van der Waals surface area (Å²) in [6.07, 6.45) is 0.546. The molecule has 1 aliphatic rings. The lowest BCUT2D eigenvalue weighted by molar-refractivity contribution is -0.124. The second kappa shape index (κ2) is 11.5. The molecule has 0 bridgehead atoms. The quantitative estimate of drug-likeness (QED) is 0.491. The summed E-state index contributed by atoms with van der Waals surface area (Å²) in [5.41, 5.74) is 6.54. The highest BCUT2D eigenvalue weighted by Crippen LogP contribution is 2.26. The van der Waals surface area contributed by atoms with Gasteiger partial charge in [-0.15, -0.1) is 0 Å². The number of unbranched alkanes of at least 4 members (excludes halogenated alkanes) is 1. The molecule has 3 N–H and O–H groups in total. The number of carbonyl (C=O) groups excluding carboxylic acids is 2. The highest BCUT2D eigenvalue weighted by atomic mass is 19.1. The van der Waals surface area contributed by atoms with Gasteiger partial charge in [0.05, 0.1) is 23.0 Å². The van der Waals surface area contributed by atoms with Gasteiger partial charge in [0.1, 0.15) is 5.82 Å². The van der Waals surface area contributed by atoms with E-state index in [1.807, 2.05) is 13.8 Å². The molecule has 10 nitrogen and oxygen atoms in total. The molecule has 2 atom stereocenters. The van der Waals surface area contributed by atoms with Crippen molar-refractivity contribution in [2.24, 2.45) is 17.6 Å². The average molecular weight is 492 g/mol. The van der Waals surface area contributed by atoms with E-state index in [9.17, 15) is 23.9 Å². The Morgan fingerprint density at radius 1 is 1.29 bits per heavy atom. The number of primary amides is 1. The number of amides is 3. The van der Waals surface area contributed by atoms with Crippen LogP contribution in [0.3, 0.4) is 0 Å². The number of carbonyl (C=O) groups is 3. The minimum Gasteiger partial charge on any atom is -0.465 e. The highest BCUT2D eigenvalue weighted by molar-refractivity contribution is 5.95. The van der Waals surface area contributed by atoms with Crippen LogP contribution < -0.4 is 5.73 Å². The number of methoxy groups -OCH3 is 1. The molecule has 2 aromatic rings. The molecule has 2 heterocycles. The van der Waals surface area contributed by atoms with Crippen LogP contribution in [0.5, 0.6) is 0 Å². The first kappa shape index (κ1) is 26.4. The summed E-state index contributed by atoms with van der Waals surface area (Å²) >= 11 is 0. The van der Waals surface area contributed by atoms with E-state index < -0.39 is 29.8 Å². The number of benzene rings is 1. The van der Waals surface area contributed by atoms with E-state index in [1.165, 1.54) is 18.2 Å². The Kier molecular flexibility index (Phi) is 8.66. The molecule has 1 aromatic heterocycles. The largest absolute Gasteiger partial charge is 0.465 e. The molecule has 1 aromatic carbocycles. The molecule has 11 heteroatoms. The predicted octanol–water partition coefficient (Wildman–Crippen LogP) is 2.55. The van der Waals surface area contributed by atoms with Gasteiger partial charge in [-0.25, -0.2) is 14.2 Å². The standard InChI is InChI=1S/C24H34FN5O5/c1-15(2)12-30(18-10-16(21(26)31)13-28(14-18)24(33)34)23(32)22-27-19-7-6-17(25)11-20(19)29(22)8-4-5-9-35-3/h6-7,11,15-16,18H,4-5,8-10,12-14H2,1-3H3,(H2,26,31)(H,33,34)/t16-,18+/m1/s1. The maximum atomic E-state index is 14.1. The van der Waals surface area contributed by atoms with E-state index in [2.05, 4.69) is 4.98 Å². The molecule has 0 radical (unpaired) electrons. The minimum atomic E-state index is -1.17. The second-order valence-corrected chi connectivity index (χ2v) is 9.45. The molecule has 0 aliphatic carbocycles. The lowest BCUT2D eigenvalue weighted by Gasteiger charge is -2.41. The fraction of sp³-hybridized carbons (Fsp3) is 0.583.